The molecule has 1 saturated heterocycles. The summed E-state index contributed by atoms with van der Waals surface area (Å²) in [5, 5.41) is 0. The number of nitrogens with zero attached hydrogens (tertiary/aromatic N) is 1. The van der Waals surface area contributed by atoms with Gasteiger partial charge in [0.1, 0.15) is 0 Å². The van der Waals surface area contributed by atoms with E-state index in [2.05, 4.69) is 26.0 Å². The normalized spacial score (nSPS) is 23.4. The Morgan fingerprint density at radius 3 is 2.50 bits per heavy atom. The highest BCUT2D eigenvalue weighted by Gasteiger charge is 2.16. The maximum atomic E-state index is 11.9. The minimum Gasteiger partial charge on any atom is -0.251 e. The predicted molar refractivity (Wildman–Crippen MR) is 48.9 cm³/mol. The fourth-order valence-corrected chi connectivity index (χ4v) is 1.90. The van der Waals surface area contributed by atoms with Crippen molar-refractivity contribution in [3.63, 3.8) is 0 Å². The topological polar surface area (TPSA) is 3.24 Å². The monoisotopic (exact) mass is 257 g/mol. The summed E-state index contributed by atoms with van der Waals surface area (Å²) in [7, 11) is 0. The first-order chi connectivity index (χ1) is 4.83. The van der Waals surface area contributed by atoms with Crippen molar-refractivity contribution in [2.75, 3.05) is 19.8 Å². The lowest BCUT2D eigenvalue weighted by molar-refractivity contribution is 0.273. The summed E-state index contributed by atoms with van der Waals surface area (Å²) in [5.41, 5.74) is 0. The van der Waals surface area contributed by atoms with Crippen LogP contribution in [0.3, 0.4) is 0 Å². The summed E-state index contributed by atoms with van der Waals surface area (Å²) < 4.78 is 14.1. The van der Waals surface area contributed by atoms with Crippen molar-refractivity contribution >= 4 is 22.9 Å². The number of rotatable bonds is 2. The third kappa shape index (κ3) is 2.70. The van der Waals surface area contributed by atoms with Crippen LogP contribution in [0.15, 0.2) is 0 Å². The highest BCUT2D eigenvalue weighted by atomic mass is 127. The molecule has 1 rings (SSSR count). The zero-order valence-corrected chi connectivity index (χ0v) is 8.18. The lowest BCUT2D eigenvalue weighted by Crippen LogP contribution is -2.25. The van der Waals surface area contributed by atoms with E-state index in [1.54, 1.807) is 0 Å². The van der Waals surface area contributed by atoms with Gasteiger partial charge in [-0.3, -0.25) is 4.39 Å². The molecule has 3 heteroatoms. The summed E-state index contributed by atoms with van der Waals surface area (Å²) in [6.45, 7) is 2.16. The maximum Gasteiger partial charge on any atom is 0.0897 e. The Balaban J connectivity index is 2.13. The molecule has 0 radical (unpaired) electrons. The Labute approximate surface area is 75.5 Å². The van der Waals surface area contributed by atoms with Gasteiger partial charge in [0.25, 0.3) is 0 Å². The van der Waals surface area contributed by atoms with E-state index in [1.165, 1.54) is 12.8 Å². The maximum absolute atomic E-state index is 11.9. The third-order valence-corrected chi connectivity index (χ3v) is 3.04. The Bertz CT molecular complexity index is 91.6. The molecule has 0 aromatic heterocycles. The molecule has 0 aliphatic carbocycles. The number of hydrogen-bond acceptors (Lipinski definition) is 1. The predicted octanol–water partition coefficient (Wildman–Crippen LogP) is 2.41. The average Bonchev–Trinajstić information content (AvgIpc) is 1.95. The molecule has 0 unspecified atom stereocenters. The van der Waals surface area contributed by atoms with Gasteiger partial charge in [0.05, 0.1) is 6.67 Å². The quantitative estimate of drug-likeness (QED) is 0.542. The first-order valence-electron chi connectivity index (χ1n) is 3.79. The van der Waals surface area contributed by atoms with Gasteiger partial charge in [-0.1, -0.05) is 0 Å². The molecule has 1 aliphatic heterocycles. The Morgan fingerprint density at radius 2 is 2.00 bits per heavy atom. The SMILES string of the molecule is FCCC1CCN(I)CC1. The van der Waals surface area contributed by atoms with Crippen LogP contribution in [0.5, 0.6) is 0 Å². The minimum atomic E-state index is -0.133. The van der Waals surface area contributed by atoms with E-state index >= 15 is 0 Å². The number of hydrogen-bond donors (Lipinski definition) is 0. The summed E-state index contributed by atoms with van der Waals surface area (Å²) in [4.78, 5) is 0. The molecule has 60 valence electrons. The molecule has 1 nitrogen and oxygen atoms in total. The van der Waals surface area contributed by atoms with E-state index in [4.69, 9.17) is 0 Å². The summed E-state index contributed by atoms with van der Waals surface area (Å²) in [6, 6.07) is 0. The molecule has 0 spiro atoms. The Kier molecular flexibility index (Phi) is 3.91. The standard InChI is InChI=1S/C7H13FIN/c8-4-1-7-2-5-10(9)6-3-7/h7H,1-6H2. The van der Waals surface area contributed by atoms with Gasteiger partial charge in [-0.2, -0.15) is 0 Å². The molecule has 0 bridgehead atoms. The van der Waals surface area contributed by atoms with E-state index in [0.717, 1.165) is 19.5 Å². The van der Waals surface area contributed by atoms with Gasteiger partial charge in [0, 0.05) is 36.0 Å². The number of piperidine rings is 1. The van der Waals surface area contributed by atoms with Crippen LogP contribution in [-0.2, 0) is 0 Å². The first kappa shape index (κ1) is 8.71. The smallest absolute Gasteiger partial charge is 0.0897 e. The van der Waals surface area contributed by atoms with Crippen LogP contribution < -0.4 is 0 Å². The van der Waals surface area contributed by atoms with Crippen LogP contribution in [0.25, 0.3) is 0 Å². The molecule has 1 aliphatic rings. The van der Waals surface area contributed by atoms with Crippen molar-refractivity contribution in [3.05, 3.63) is 0 Å². The highest BCUT2D eigenvalue weighted by molar-refractivity contribution is 14.1. The molecule has 0 saturated carbocycles. The first-order valence-corrected chi connectivity index (χ1v) is 4.76. The minimum absolute atomic E-state index is 0.133. The van der Waals surface area contributed by atoms with Crippen molar-refractivity contribution in [2.24, 2.45) is 5.92 Å². The van der Waals surface area contributed by atoms with Gasteiger partial charge in [-0.15, -0.1) is 0 Å². The lowest BCUT2D eigenvalue weighted by atomic mass is 9.95. The molecule has 0 N–H and O–H groups in total. The van der Waals surface area contributed by atoms with Crippen molar-refractivity contribution < 1.29 is 4.39 Å². The molecule has 0 aromatic carbocycles. The van der Waals surface area contributed by atoms with Crippen molar-refractivity contribution in [1.29, 1.82) is 0 Å². The van der Waals surface area contributed by atoms with Crippen molar-refractivity contribution in [2.45, 2.75) is 19.3 Å². The molecular weight excluding hydrogens is 244 g/mol. The van der Waals surface area contributed by atoms with Gasteiger partial charge >= 0.3 is 0 Å². The second-order valence-electron chi connectivity index (χ2n) is 2.83. The van der Waals surface area contributed by atoms with Gasteiger partial charge < -0.3 is 0 Å². The fourth-order valence-electron chi connectivity index (χ4n) is 1.34. The average molecular weight is 257 g/mol. The lowest BCUT2D eigenvalue weighted by Gasteiger charge is -2.26. The van der Waals surface area contributed by atoms with Gasteiger partial charge in [-0.05, 0) is 25.2 Å². The molecule has 0 amide bonds. The summed E-state index contributed by atoms with van der Waals surface area (Å²) >= 11 is 2.33. The van der Waals surface area contributed by atoms with Crippen LogP contribution in [0.1, 0.15) is 19.3 Å². The highest BCUT2D eigenvalue weighted by Crippen LogP contribution is 2.22. The second-order valence-corrected chi connectivity index (χ2v) is 4.20. The summed E-state index contributed by atoms with van der Waals surface area (Å²) in [6.07, 6.45) is 3.16. The number of alkyl halides is 1. The molecule has 1 heterocycles. The van der Waals surface area contributed by atoms with Gasteiger partial charge in [0.2, 0.25) is 0 Å². The van der Waals surface area contributed by atoms with Crippen LogP contribution >= 0.6 is 22.9 Å². The second kappa shape index (κ2) is 4.49. The molecule has 10 heavy (non-hydrogen) atoms. The van der Waals surface area contributed by atoms with Crippen LogP contribution in [0.4, 0.5) is 4.39 Å². The van der Waals surface area contributed by atoms with Crippen LogP contribution in [0.2, 0.25) is 0 Å². The largest absolute Gasteiger partial charge is 0.251 e. The molecule has 0 aromatic rings. The molecule has 0 atom stereocenters. The van der Waals surface area contributed by atoms with E-state index < -0.39 is 0 Å². The zero-order valence-electron chi connectivity index (χ0n) is 6.02. The Morgan fingerprint density at radius 1 is 1.40 bits per heavy atom. The van der Waals surface area contributed by atoms with Gasteiger partial charge in [0.15, 0.2) is 0 Å². The molecule has 1 fully saturated rings. The van der Waals surface area contributed by atoms with E-state index in [-0.39, 0.29) is 6.67 Å². The van der Waals surface area contributed by atoms with E-state index in [0.29, 0.717) is 5.92 Å². The van der Waals surface area contributed by atoms with Crippen LogP contribution in [-0.4, -0.2) is 22.9 Å². The molecular formula is C7H13FIN. The zero-order chi connectivity index (χ0) is 7.40. The fraction of sp³-hybridized carbons (Fsp3) is 1.00. The van der Waals surface area contributed by atoms with E-state index in [1.807, 2.05) is 0 Å². The Hall–Kier alpha value is 0.620. The van der Waals surface area contributed by atoms with Gasteiger partial charge in [-0.25, -0.2) is 3.11 Å². The van der Waals surface area contributed by atoms with Crippen LogP contribution in [0, 0.1) is 5.92 Å². The number of halogens is 2. The third-order valence-electron chi connectivity index (χ3n) is 2.08. The van der Waals surface area contributed by atoms with E-state index in [9.17, 15) is 4.39 Å². The summed E-state index contributed by atoms with van der Waals surface area (Å²) in [5.74, 6) is 0.663. The van der Waals surface area contributed by atoms with Crippen molar-refractivity contribution in [1.82, 2.24) is 3.11 Å². The van der Waals surface area contributed by atoms with Crippen molar-refractivity contribution in [3.8, 4) is 0 Å².